The van der Waals surface area contributed by atoms with Gasteiger partial charge in [0.15, 0.2) is 6.61 Å². The van der Waals surface area contributed by atoms with Crippen LogP contribution in [0.2, 0.25) is 10.0 Å². The molecule has 0 unspecified atom stereocenters. The normalized spacial score (nSPS) is 10.6. The number of anilines is 1. The third-order valence-corrected chi connectivity index (χ3v) is 3.87. The highest BCUT2D eigenvalue weighted by molar-refractivity contribution is 6.42. The number of nitrogens with zero attached hydrogens (tertiary/aromatic N) is 1. The summed E-state index contributed by atoms with van der Waals surface area (Å²) < 4.78 is 18.3. The lowest BCUT2D eigenvalue weighted by Gasteiger charge is -2.06. The summed E-state index contributed by atoms with van der Waals surface area (Å²) in [5, 5.41) is 13.4. The molecule has 2 aromatic rings. The maximum atomic E-state index is 13.6. The van der Waals surface area contributed by atoms with Crippen LogP contribution >= 0.6 is 23.2 Å². The van der Waals surface area contributed by atoms with Crippen molar-refractivity contribution in [2.45, 2.75) is 0 Å². The number of carbonyl (C=O) groups excluding carboxylic acids is 2. The van der Waals surface area contributed by atoms with Crippen molar-refractivity contribution in [3.8, 4) is 0 Å². The molecule has 0 aliphatic rings. The van der Waals surface area contributed by atoms with Crippen LogP contribution in [0.1, 0.15) is 5.56 Å². The standard InChI is InChI=1S/C17H11Cl2FN2O5/c18-12-4-1-10(7-13(12)19)2-6-17(24)27-9-16(23)21-15-8-11(22(25)26)3-5-14(15)20/h1-8H,9H2,(H,21,23)/b6-2+. The zero-order valence-corrected chi connectivity index (χ0v) is 15.0. The Kier molecular flexibility index (Phi) is 6.86. The van der Waals surface area contributed by atoms with E-state index in [1.165, 1.54) is 12.1 Å². The summed E-state index contributed by atoms with van der Waals surface area (Å²) in [6.07, 6.45) is 2.48. The van der Waals surface area contributed by atoms with Gasteiger partial charge in [0.2, 0.25) is 0 Å². The van der Waals surface area contributed by atoms with Crippen molar-refractivity contribution in [2.24, 2.45) is 0 Å². The van der Waals surface area contributed by atoms with Gasteiger partial charge in [-0.25, -0.2) is 9.18 Å². The lowest BCUT2D eigenvalue weighted by molar-refractivity contribution is -0.384. The van der Waals surface area contributed by atoms with Gasteiger partial charge in [-0.3, -0.25) is 14.9 Å². The predicted molar refractivity (Wildman–Crippen MR) is 98.1 cm³/mol. The highest BCUT2D eigenvalue weighted by atomic mass is 35.5. The van der Waals surface area contributed by atoms with Crippen molar-refractivity contribution in [1.82, 2.24) is 0 Å². The van der Waals surface area contributed by atoms with E-state index in [2.05, 4.69) is 5.32 Å². The Morgan fingerprint density at radius 2 is 1.93 bits per heavy atom. The first-order valence-corrected chi connectivity index (χ1v) is 8.05. The van der Waals surface area contributed by atoms with Crippen LogP contribution in [0, 0.1) is 15.9 Å². The third-order valence-electron chi connectivity index (χ3n) is 3.14. The summed E-state index contributed by atoms with van der Waals surface area (Å²) >= 11 is 11.6. The van der Waals surface area contributed by atoms with E-state index in [0.29, 0.717) is 15.6 Å². The molecule has 140 valence electrons. The van der Waals surface area contributed by atoms with Crippen molar-refractivity contribution in [2.75, 3.05) is 11.9 Å². The van der Waals surface area contributed by atoms with Crippen LogP contribution in [0.5, 0.6) is 0 Å². The fourth-order valence-corrected chi connectivity index (χ4v) is 2.18. The van der Waals surface area contributed by atoms with Crippen molar-refractivity contribution in [3.05, 3.63) is 74.0 Å². The molecule has 0 fully saturated rings. The zero-order valence-electron chi connectivity index (χ0n) is 13.4. The second kappa shape index (κ2) is 9.11. The average molecular weight is 413 g/mol. The van der Waals surface area contributed by atoms with Crippen LogP contribution in [0.15, 0.2) is 42.5 Å². The Bertz CT molecular complexity index is 934. The largest absolute Gasteiger partial charge is 0.452 e. The zero-order chi connectivity index (χ0) is 20.0. The fraction of sp³-hybridized carbons (Fsp3) is 0.0588. The van der Waals surface area contributed by atoms with Crippen molar-refractivity contribution in [1.29, 1.82) is 0 Å². The Balaban J connectivity index is 1.90. The molecule has 27 heavy (non-hydrogen) atoms. The van der Waals surface area contributed by atoms with Crippen LogP contribution in [-0.2, 0) is 14.3 Å². The van der Waals surface area contributed by atoms with Gasteiger partial charge in [-0.1, -0.05) is 29.3 Å². The Hall–Kier alpha value is -2.97. The number of benzene rings is 2. The summed E-state index contributed by atoms with van der Waals surface area (Å²) in [5.74, 6) is -2.54. The monoisotopic (exact) mass is 412 g/mol. The van der Waals surface area contributed by atoms with Gasteiger partial charge in [0.1, 0.15) is 5.82 Å². The molecule has 0 saturated heterocycles. The Morgan fingerprint density at radius 1 is 1.19 bits per heavy atom. The lowest BCUT2D eigenvalue weighted by Crippen LogP contribution is -2.20. The quantitative estimate of drug-likeness (QED) is 0.331. The maximum Gasteiger partial charge on any atom is 0.331 e. The van der Waals surface area contributed by atoms with Crippen LogP contribution in [0.25, 0.3) is 6.08 Å². The molecule has 10 heteroatoms. The Morgan fingerprint density at radius 3 is 2.59 bits per heavy atom. The number of halogens is 3. The average Bonchev–Trinajstić information content (AvgIpc) is 2.62. The number of ether oxygens (including phenoxy) is 1. The topological polar surface area (TPSA) is 98.5 Å². The van der Waals surface area contributed by atoms with Gasteiger partial charge in [0.05, 0.1) is 20.7 Å². The first-order chi connectivity index (χ1) is 12.8. The number of carbonyl (C=O) groups is 2. The lowest BCUT2D eigenvalue weighted by atomic mass is 10.2. The van der Waals surface area contributed by atoms with E-state index in [1.54, 1.807) is 12.1 Å². The molecule has 1 amide bonds. The summed E-state index contributed by atoms with van der Waals surface area (Å²) in [6, 6.07) is 7.37. The molecular formula is C17H11Cl2FN2O5. The molecule has 0 atom stereocenters. The number of nitro groups is 1. The van der Waals surface area contributed by atoms with Gasteiger partial charge in [-0.05, 0) is 29.8 Å². The van der Waals surface area contributed by atoms with Gasteiger partial charge in [0.25, 0.3) is 11.6 Å². The van der Waals surface area contributed by atoms with E-state index < -0.39 is 40.6 Å². The number of nitrogens with one attached hydrogen (secondary N) is 1. The molecule has 0 radical (unpaired) electrons. The highest BCUT2D eigenvalue weighted by Crippen LogP contribution is 2.23. The van der Waals surface area contributed by atoms with Gasteiger partial charge in [-0.15, -0.1) is 0 Å². The third kappa shape index (κ3) is 6.05. The van der Waals surface area contributed by atoms with Crippen LogP contribution < -0.4 is 5.32 Å². The molecule has 0 aromatic heterocycles. The summed E-state index contributed by atoms with van der Waals surface area (Å²) in [4.78, 5) is 33.3. The first kappa shape index (κ1) is 20.3. The van der Waals surface area contributed by atoms with E-state index in [-0.39, 0.29) is 0 Å². The van der Waals surface area contributed by atoms with Gasteiger partial charge in [-0.2, -0.15) is 0 Å². The number of hydrogen-bond acceptors (Lipinski definition) is 5. The van der Waals surface area contributed by atoms with E-state index in [9.17, 15) is 24.1 Å². The minimum atomic E-state index is -0.861. The van der Waals surface area contributed by atoms with Crippen molar-refractivity contribution < 1.29 is 23.6 Å². The SMILES string of the molecule is O=C(COC(=O)/C=C/c1ccc(Cl)c(Cl)c1)Nc1cc([N+](=O)[O-])ccc1F. The second-order valence-corrected chi connectivity index (χ2v) is 5.90. The first-order valence-electron chi connectivity index (χ1n) is 7.30. The number of esters is 1. The molecule has 2 aromatic carbocycles. The van der Waals surface area contributed by atoms with E-state index >= 15 is 0 Å². The number of hydrogen-bond donors (Lipinski definition) is 1. The summed E-state index contributed by atoms with van der Waals surface area (Å²) in [5.41, 5.74) is -0.200. The van der Waals surface area contributed by atoms with Gasteiger partial charge < -0.3 is 10.1 Å². The molecule has 0 aliphatic carbocycles. The highest BCUT2D eigenvalue weighted by Gasteiger charge is 2.14. The van der Waals surface area contributed by atoms with Crippen molar-refractivity contribution >= 4 is 52.5 Å². The molecule has 0 bridgehead atoms. The number of amides is 1. The molecule has 0 saturated carbocycles. The fourth-order valence-electron chi connectivity index (χ4n) is 1.87. The summed E-state index contributed by atoms with van der Waals surface area (Å²) in [7, 11) is 0. The number of rotatable bonds is 6. The smallest absolute Gasteiger partial charge is 0.331 e. The molecule has 0 heterocycles. The second-order valence-electron chi connectivity index (χ2n) is 5.08. The molecule has 0 spiro atoms. The van der Waals surface area contributed by atoms with E-state index in [0.717, 1.165) is 24.3 Å². The number of non-ortho nitro benzene ring substituents is 1. The minimum absolute atomic E-state index is 0.311. The molecular weight excluding hydrogens is 402 g/mol. The number of nitro benzene ring substituents is 1. The minimum Gasteiger partial charge on any atom is -0.452 e. The molecule has 1 N–H and O–H groups in total. The van der Waals surface area contributed by atoms with E-state index in [1.807, 2.05) is 0 Å². The van der Waals surface area contributed by atoms with Gasteiger partial charge in [0, 0.05) is 18.2 Å². The molecule has 0 aliphatic heterocycles. The predicted octanol–water partition coefficient (Wildman–Crippen LogP) is 4.24. The molecule has 2 rings (SSSR count). The van der Waals surface area contributed by atoms with Gasteiger partial charge >= 0.3 is 5.97 Å². The van der Waals surface area contributed by atoms with Crippen LogP contribution in [0.3, 0.4) is 0 Å². The summed E-state index contributed by atoms with van der Waals surface area (Å²) in [6.45, 7) is -0.702. The van der Waals surface area contributed by atoms with Crippen LogP contribution in [-0.4, -0.2) is 23.4 Å². The molecule has 7 nitrogen and oxygen atoms in total. The van der Waals surface area contributed by atoms with E-state index in [4.69, 9.17) is 27.9 Å². The van der Waals surface area contributed by atoms with Crippen molar-refractivity contribution in [3.63, 3.8) is 0 Å². The maximum absolute atomic E-state index is 13.6. The Labute approximate surface area is 162 Å². The van der Waals surface area contributed by atoms with Crippen LogP contribution in [0.4, 0.5) is 15.8 Å².